The van der Waals surface area contributed by atoms with Crippen LogP contribution in [-0.4, -0.2) is 42.7 Å². The number of nitrogens with one attached hydrogen (secondary N) is 2. The number of carbonyl (C=O) groups is 1. The van der Waals surface area contributed by atoms with Crippen molar-refractivity contribution < 1.29 is 19.0 Å². The highest BCUT2D eigenvalue weighted by Gasteiger charge is 2.36. The van der Waals surface area contributed by atoms with E-state index in [1.54, 1.807) is 0 Å². The highest BCUT2D eigenvalue weighted by molar-refractivity contribution is 6.04. The lowest BCUT2D eigenvalue weighted by molar-refractivity contribution is 0.0486. The van der Waals surface area contributed by atoms with E-state index in [0.29, 0.717) is 25.5 Å². The Hall–Kier alpha value is -3.06. The van der Waals surface area contributed by atoms with Crippen molar-refractivity contribution in [3.63, 3.8) is 0 Å². The van der Waals surface area contributed by atoms with E-state index in [0.717, 1.165) is 46.4 Å². The Morgan fingerprint density at radius 1 is 1.14 bits per heavy atom. The van der Waals surface area contributed by atoms with Crippen molar-refractivity contribution >= 4 is 16.8 Å². The van der Waals surface area contributed by atoms with Crippen LogP contribution in [0.3, 0.4) is 0 Å². The number of nitrogens with zero attached hydrogens (tertiary/aromatic N) is 1. The fourth-order valence-electron chi connectivity index (χ4n) is 4.19. The number of carbonyl (C=O) groups excluding carboxylic acids is 1. The second-order valence-corrected chi connectivity index (χ2v) is 7.76. The van der Waals surface area contributed by atoms with Crippen LogP contribution in [0.5, 0.6) is 11.5 Å². The Kier molecular flexibility index (Phi) is 4.39. The molecule has 0 spiro atoms. The molecule has 0 atom stereocenters. The molecule has 2 N–H and O–H groups in total. The van der Waals surface area contributed by atoms with E-state index in [2.05, 4.69) is 21.6 Å². The van der Waals surface area contributed by atoms with Crippen LogP contribution in [-0.2, 0) is 10.2 Å². The van der Waals surface area contributed by atoms with Crippen molar-refractivity contribution in [3.8, 4) is 11.5 Å². The number of benzene rings is 2. The lowest BCUT2D eigenvalue weighted by Crippen LogP contribution is -2.44. The quantitative estimate of drug-likeness (QED) is 0.712. The standard InChI is InChI=1S/C22H23N3O4/c1-14-2-4-17-16(10-14)20(25-24-17)21(26)23-12-22(6-8-27-9-7-22)15-3-5-18-19(11-15)29-13-28-18/h2-5,10-11H,6-9,12-13H2,1H3,(H,23,26)(H,24,25). The lowest BCUT2D eigenvalue weighted by Gasteiger charge is -2.38. The Labute approximate surface area is 168 Å². The van der Waals surface area contributed by atoms with Gasteiger partial charge in [0.05, 0.1) is 5.52 Å². The molecule has 1 saturated heterocycles. The molecule has 2 aliphatic rings. The van der Waals surface area contributed by atoms with E-state index in [4.69, 9.17) is 14.2 Å². The van der Waals surface area contributed by atoms with Crippen molar-refractivity contribution in [1.29, 1.82) is 0 Å². The number of rotatable bonds is 4. The zero-order chi connectivity index (χ0) is 19.8. The van der Waals surface area contributed by atoms with Gasteiger partial charge in [0, 0.05) is 30.6 Å². The minimum absolute atomic E-state index is 0.173. The first-order chi connectivity index (χ1) is 14.1. The molecule has 3 aromatic rings. The van der Waals surface area contributed by atoms with Crippen LogP contribution >= 0.6 is 0 Å². The summed E-state index contributed by atoms with van der Waals surface area (Å²) >= 11 is 0. The van der Waals surface area contributed by atoms with Crippen LogP contribution < -0.4 is 14.8 Å². The number of hydrogen-bond acceptors (Lipinski definition) is 5. The normalized spacial score (nSPS) is 17.4. The Balaban J connectivity index is 1.41. The van der Waals surface area contributed by atoms with E-state index < -0.39 is 0 Å². The molecule has 1 fully saturated rings. The van der Waals surface area contributed by atoms with E-state index >= 15 is 0 Å². The molecule has 7 nitrogen and oxygen atoms in total. The molecular weight excluding hydrogens is 370 g/mol. The van der Waals surface area contributed by atoms with E-state index in [-0.39, 0.29) is 18.1 Å². The van der Waals surface area contributed by atoms with Crippen molar-refractivity contribution in [2.75, 3.05) is 26.6 Å². The Morgan fingerprint density at radius 2 is 1.97 bits per heavy atom. The van der Waals surface area contributed by atoms with Crippen molar-refractivity contribution in [2.24, 2.45) is 0 Å². The maximum Gasteiger partial charge on any atom is 0.272 e. The molecule has 1 amide bonds. The molecule has 29 heavy (non-hydrogen) atoms. The maximum atomic E-state index is 13.0. The van der Waals surface area contributed by atoms with Gasteiger partial charge in [-0.1, -0.05) is 17.7 Å². The summed E-state index contributed by atoms with van der Waals surface area (Å²) < 4.78 is 16.6. The van der Waals surface area contributed by atoms with E-state index in [1.165, 1.54) is 0 Å². The SMILES string of the molecule is Cc1ccc2[nH]nc(C(=O)NCC3(c4ccc5c(c4)OCO5)CCOCC3)c2c1. The van der Waals surface area contributed by atoms with Gasteiger partial charge in [0.2, 0.25) is 6.79 Å². The second kappa shape index (κ2) is 7.08. The van der Waals surface area contributed by atoms with Crippen LogP contribution in [0.1, 0.15) is 34.5 Å². The number of aromatic nitrogens is 2. The third kappa shape index (κ3) is 3.21. The first kappa shape index (κ1) is 18.0. The molecule has 1 aromatic heterocycles. The van der Waals surface area contributed by atoms with Gasteiger partial charge < -0.3 is 19.5 Å². The molecule has 150 valence electrons. The molecular formula is C22H23N3O4. The number of aromatic amines is 1. The van der Waals surface area contributed by atoms with Gasteiger partial charge in [0.1, 0.15) is 0 Å². The Morgan fingerprint density at radius 3 is 2.83 bits per heavy atom. The summed E-state index contributed by atoms with van der Waals surface area (Å²) in [4.78, 5) is 13.0. The molecule has 0 radical (unpaired) electrons. The maximum absolute atomic E-state index is 13.0. The zero-order valence-corrected chi connectivity index (χ0v) is 16.3. The largest absolute Gasteiger partial charge is 0.454 e. The average Bonchev–Trinajstić information content (AvgIpc) is 3.38. The molecule has 0 unspecified atom stereocenters. The molecule has 3 heterocycles. The summed E-state index contributed by atoms with van der Waals surface area (Å²) in [7, 11) is 0. The summed E-state index contributed by atoms with van der Waals surface area (Å²) in [6.45, 7) is 4.08. The first-order valence-corrected chi connectivity index (χ1v) is 9.85. The van der Waals surface area contributed by atoms with Gasteiger partial charge >= 0.3 is 0 Å². The second-order valence-electron chi connectivity index (χ2n) is 7.76. The minimum atomic E-state index is -0.211. The summed E-state index contributed by atoms with van der Waals surface area (Å²) in [5, 5.41) is 11.2. The van der Waals surface area contributed by atoms with E-state index in [1.807, 2.05) is 37.3 Å². The molecule has 5 rings (SSSR count). The molecule has 2 aliphatic heterocycles. The summed E-state index contributed by atoms with van der Waals surface area (Å²) in [6, 6.07) is 12.0. The van der Waals surface area contributed by atoms with Crippen LogP contribution in [0.4, 0.5) is 0 Å². The third-order valence-corrected chi connectivity index (χ3v) is 5.96. The molecule has 0 saturated carbocycles. The molecule has 0 aliphatic carbocycles. The van der Waals surface area contributed by atoms with Crippen LogP contribution in [0.25, 0.3) is 10.9 Å². The fourth-order valence-corrected chi connectivity index (χ4v) is 4.19. The van der Waals surface area contributed by atoms with Crippen molar-refractivity contribution in [2.45, 2.75) is 25.2 Å². The lowest BCUT2D eigenvalue weighted by atomic mass is 9.74. The number of ether oxygens (including phenoxy) is 3. The predicted molar refractivity (Wildman–Crippen MR) is 107 cm³/mol. The highest BCUT2D eigenvalue weighted by atomic mass is 16.7. The minimum Gasteiger partial charge on any atom is -0.454 e. The third-order valence-electron chi connectivity index (χ3n) is 5.96. The van der Waals surface area contributed by atoms with Gasteiger partial charge in [-0.05, 0) is 49.6 Å². The summed E-state index contributed by atoms with van der Waals surface area (Å²) in [5.41, 5.74) is 3.30. The molecule has 2 aromatic carbocycles. The van der Waals surface area contributed by atoms with Gasteiger partial charge in [-0.2, -0.15) is 5.10 Å². The molecule has 0 bridgehead atoms. The van der Waals surface area contributed by atoms with Gasteiger partial charge in [0.15, 0.2) is 17.2 Å². The van der Waals surface area contributed by atoms with Crippen LogP contribution in [0.15, 0.2) is 36.4 Å². The predicted octanol–water partition coefficient (Wildman–Crippen LogP) is 3.08. The molecule has 7 heteroatoms. The smallest absolute Gasteiger partial charge is 0.272 e. The monoisotopic (exact) mass is 393 g/mol. The number of fused-ring (bicyclic) bond motifs is 2. The first-order valence-electron chi connectivity index (χ1n) is 9.85. The van der Waals surface area contributed by atoms with Crippen molar-refractivity contribution in [1.82, 2.24) is 15.5 Å². The topological polar surface area (TPSA) is 85.5 Å². The highest BCUT2D eigenvalue weighted by Crippen LogP contribution is 2.40. The van der Waals surface area contributed by atoms with Crippen molar-refractivity contribution in [3.05, 3.63) is 53.2 Å². The summed E-state index contributed by atoms with van der Waals surface area (Å²) in [6.07, 6.45) is 1.65. The average molecular weight is 393 g/mol. The zero-order valence-electron chi connectivity index (χ0n) is 16.3. The van der Waals surface area contributed by atoms with Gasteiger partial charge in [-0.25, -0.2) is 0 Å². The van der Waals surface area contributed by atoms with Crippen LogP contribution in [0.2, 0.25) is 0 Å². The van der Waals surface area contributed by atoms with Gasteiger partial charge in [-0.15, -0.1) is 0 Å². The number of hydrogen-bond donors (Lipinski definition) is 2. The fraction of sp³-hybridized carbons (Fsp3) is 0.364. The summed E-state index contributed by atoms with van der Waals surface area (Å²) in [5.74, 6) is 1.35. The van der Waals surface area contributed by atoms with E-state index in [9.17, 15) is 4.79 Å². The van der Waals surface area contributed by atoms with Crippen LogP contribution in [0, 0.1) is 6.92 Å². The number of aryl methyl sites for hydroxylation is 1. The van der Waals surface area contributed by atoms with Gasteiger partial charge in [-0.3, -0.25) is 9.89 Å². The Bertz CT molecular complexity index is 1070. The van der Waals surface area contributed by atoms with Gasteiger partial charge in [0.25, 0.3) is 5.91 Å². The number of amides is 1. The number of H-pyrrole nitrogens is 1.